The van der Waals surface area contributed by atoms with Gasteiger partial charge < -0.3 is 20.1 Å². The van der Waals surface area contributed by atoms with Crippen LogP contribution in [0.1, 0.15) is 63.9 Å². The smallest absolute Gasteiger partial charge is 0.253 e. The maximum atomic E-state index is 15.1. The number of carbonyl (C=O) groups excluding carboxylic acids is 4. The van der Waals surface area contributed by atoms with Crippen molar-refractivity contribution in [2.45, 2.75) is 65.2 Å². The number of amides is 4. The normalized spacial score (nSPS) is 17.6. The van der Waals surface area contributed by atoms with Crippen molar-refractivity contribution in [2.24, 2.45) is 11.3 Å². The largest absolute Gasteiger partial charge is 0.355 e. The lowest BCUT2D eigenvalue weighted by atomic mass is 9.84. The van der Waals surface area contributed by atoms with Gasteiger partial charge in [0, 0.05) is 81.3 Å². The number of imide groups is 1. The Kier molecular flexibility index (Phi) is 14.3. The second-order valence-electron chi connectivity index (χ2n) is 15.0. The van der Waals surface area contributed by atoms with E-state index in [4.69, 9.17) is 4.98 Å². The molecule has 10 nitrogen and oxygen atoms in total. The molecule has 5 rings (SSSR count). The molecule has 0 aliphatic carbocycles. The van der Waals surface area contributed by atoms with Gasteiger partial charge in [-0.15, -0.1) is 0 Å². The van der Waals surface area contributed by atoms with Crippen LogP contribution in [0.3, 0.4) is 0 Å². The van der Waals surface area contributed by atoms with Gasteiger partial charge in [-0.3, -0.25) is 24.1 Å². The van der Waals surface area contributed by atoms with Gasteiger partial charge in [0.2, 0.25) is 11.8 Å². The second kappa shape index (κ2) is 18.9. The van der Waals surface area contributed by atoms with Crippen LogP contribution in [-0.2, 0) is 25.7 Å². The van der Waals surface area contributed by atoms with Crippen molar-refractivity contribution < 1.29 is 36.7 Å². The Morgan fingerprint density at radius 2 is 1.76 bits per heavy atom. The van der Waals surface area contributed by atoms with E-state index in [1.165, 1.54) is 40.9 Å². The maximum absolute atomic E-state index is 15.1. The maximum Gasteiger partial charge on any atom is 0.253 e. The van der Waals surface area contributed by atoms with Crippen molar-refractivity contribution in [1.29, 1.82) is 0 Å². The molecule has 3 atom stereocenters. The zero-order valence-electron chi connectivity index (χ0n) is 31.3. The van der Waals surface area contributed by atoms with Crippen molar-refractivity contribution in [3.05, 3.63) is 89.7 Å². The summed E-state index contributed by atoms with van der Waals surface area (Å²) in [6, 6.07) is 8.32. The van der Waals surface area contributed by atoms with Crippen LogP contribution in [0.25, 0.3) is 11.3 Å². The number of hydrogen-bond acceptors (Lipinski definition) is 7. The van der Waals surface area contributed by atoms with Gasteiger partial charge in [-0.05, 0) is 54.2 Å². The summed E-state index contributed by atoms with van der Waals surface area (Å²) in [5, 5.41) is 5.92. The minimum absolute atomic E-state index is 0.0261. The molecular formula is C40H48F4N6O4S. The summed E-state index contributed by atoms with van der Waals surface area (Å²) < 4.78 is 60.6. The van der Waals surface area contributed by atoms with Gasteiger partial charge in [-0.2, -0.15) is 11.8 Å². The number of benzene rings is 2. The lowest BCUT2D eigenvalue weighted by Crippen LogP contribution is -2.47. The van der Waals surface area contributed by atoms with Crippen molar-refractivity contribution in [3.8, 4) is 11.3 Å². The Balaban J connectivity index is 1.29. The average Bonchev–Trinajstić information content (AvgIpc) is 3.82. The van der Waals surface area contributed by atoms with Gasteiger partial charge in [-0.25, -0.2) is 22.5 Å². The monoisotopic (exact) mass is 784 g/mol. The molecule has 2 aliphatic heterocycles. The van der Waals surface area contributed by atoms with Crippen LogP contribution in [0.2, 0.25) is 0 Å². The van der Waals surface area contributed by atoms with E-state index in [-0.39, 0.29) is 66.7 Å². The van der Waals surface area contributed by atoms with Gasteiger partial charge in [0.25, 0.3) is 11.8 Å². The minimum atomic E-state index is -1.19. The molecule has 0 saturated carbocycles. The highest BCUT2D eigenvalue weighted by Crippen LogP contribution is 2.40. The number of thioether (sulfide) groups is 1. The Morgan fingerprint density at radius 1 is 1.02 bits per heavy atom. The van der Waals surface area contributed by atoms with Gasteiger partial charge in [0.15, 0.2) is 0 Å². The molecule has 15 heteroatoms. The minimum Gasteiger partial charge on any atom is -0.355 e. The molecule has 0 radical (unpaired) electrons. The second-order valence-corrected chi connectivity index (χ2v) is 16.1. The van der Waals surface area contributed by atoms with E-state index in [9.17, 15) is 28.0 Å². The summed E-state index contributed by atoms with van der Waals surface area (Å²) in [5.74, 6) is -2.53. The van der Waals surface area contributed by atoms with E-state index in [0.717, 1.165) is 18.2 Å². The topological polar surface area (TPSA) is 117 Å². The first-order valence-corrected chi connectivity index (χ1v) is 19.7. The van der Waals surface area contributed by atoms with Crippen LogP contribution in [-0.4, -0.2) is 93.4 Å². The number of alkyl halides is 1. The SMILES string of the molecule is CC(C)(C)[C@H](c1nc(-c2cc(F)ccc2F)cn1Cc1cccc(F)c1)N(C[C@@H]1CNC[C@@H]1F)C(=O)CSCCNC(=O)CCCCCN1C(=O)C=CC1=O. The van der Waals surface area contributed by atoms with E-state index in [1.807, 2.05) is 20.8 Å². The number of nitrogens with one attached hydrogen (secondary N) is 2. The number of imidazole rings is 1. The molecule has 3 aromatic rings. The number of rotatable bonds is 18. The molecule has 0 unspecified atom stereocenters. The third-order valence-electron chi connectivity index (χ3n) is 9.62. The molecule has 2 N–H and O–H groups in total. The fourth-order valence-electron chi connectivity index (χ4n) is 6.89. The Hall–Kier alpha value is -4.50. The predicted molar refractivity (Wildman–Crippen MR) is 203 cm³/mol. The number of carbonyl (C=O) groups is 4. The standard InChI is InChI=1S/C40H48F4N6O4S/c1-40(2,3)38(39-47-33(30-19-29(42)11-12-31(30)43)24-48(39)22-26-8-7-9-28(41)18-26)50(23-27-20-45-21-32(27)44)37(54)25-55-17-15-46-34(51)10-5-4-6-16-49-35(52)13-14-36(49)53/h7-9,11-14,18-19,24,27,32,38,45H,4-6,10,15-17,20-23,25H2,1-3H3,(H,46,51)/t27-,32-,38-/m0/s1. The summed E-state index contributed by atoms with van der Waals surface area (Å²) in [6.07, 6.45) is 5.03. The molecule has 1 aromatic heterocycles. The van der Waals surface area contributed by atoms with E-state index in [2.05, 4.69) is 10.6 Å². The van der Waals surface area contributed by atoms with E-state index in [1.54, 1.807) is 27.8 Å². The van der Waals surface area contributed by atoms with Crippen LogP contribution in [0.15, 0.2) is 60.8 Å². The zero-order valence-corrected chi connectivity index (χ0v) is 32.1. The number of unbranched alkanes of at least 4 members (excludes halogenated alkanes) is 2. The number of aromatic nitrogens is 2. The van der Waals surface area contributed by atoms with Crippen LogP contribution >= 0.6 is 11.8 Å². The molecule has 4 amide bonds. The number of hydrogen-bond donors (Lipinski definition) is 2. The molecule has 2 aliphatic rings. The van der Waals surface area contributed by atoms with Crippen LogP contribution in [0, 0.1) is 28.8 Å². The van der Waals surface area contributed by atoms with Gasteiger partial charge in [0.1, 0.15) is 29.4 Å². The lowest BCUT2D eigenvalue weighted by Gasteiger charge is -2.41. The summed E-state index contributed by atoms with van der Waals surface area (Å²) >= 11 is 1.32. The average molecular weight is 785 g/mol. The van der Waals surface area contributed by atoms with Crippen LogP contribution in [0.5, 0.6) is 0 Å². The van der Waals surface area contributed by atoms with Crippen LogP contribution in [0.4, 0.5) is 17.6 Å². The zero-order chi connectivity index (χ0) is 39.7. The molecule has 2 aromatic carbocycles. The third kappa shape index (κ3) is 11.3. The van der Waals surface area contributed by atoms with E-state index >= 15 is 8.78 Å². The fourth-order valence-corrected chi connectivity index (χ4v) is 7.62. The molecular weight excluding hydrogens is 737 g/mol. The highest BCUT2D eigenvalue weighted by Gasteiger charge is 2.41. The molecule has 55 heavy (non-hydrogen) atoms. The Morgan fingerprint density at radius 3 is 2.45 bits per heavy atom. The first kappa shape index (κ1) is 41.7. The first-order valence-electron chi connectivity index (χ1n) is 18.5. The molecule has 296 valence electrons. The Labute approximate surface area is 323 Å². The highest BCUT2D eigenvalue weighted by atomic mass is 32.2. The molecule has 1 fully saturated rings. The fraction of sp³-hybridized carbons (Fsp3) is 0.475. The predicted octanol–water partition coefficient (Wildman–Crippen LogP) is 5.82. The van der Waals surface area contributed by atoms with Crippen molar-refractivity contribution in [2.75, 3.05) is 44.2 Å². The van der Waals surface area contributed by atoms with Gasteiger partial charge >= 0.3 is 0 Å². The lowest BCUT2D eigenvalue weighted by molar-refractivity contribution is -0.137. The van der Waals surface area contributed by atoms with Crippen molar-refractivity contribution >= 4 is 35.4 Å². The molecule has 0 spiro atoms. The summed E-state index contributed by atoms with van der Waals surface area (Å²) in [7, 11) is 0. The van der Waals surface area contributed by atoms with Crippen LogP contribution < -0.4 is 10.6 Å². The molecule has 0 bridgehead atoms. The Bertz CT molecular complexity index is 1860. The first-order chi connectivity index (χ1) is 26.2. The van der Waals surface area contributed by atoms with Gasteiger partial charge in [-0.1, -0.05) is 39.3 Å². The van der Waals surface area contributed by atoms with E-state index in [0.29, 0.717) is 56.0 Å². The van der Waals surface area contributed by atoms with E-state index < -0.39 is 41.0 Å². The molecule has 3 heterocycles. The summed E-state index contributed by atoms with van der Waals surface area (Å²) in [6.45, 7) is 7.12. The summed E-state index contributed by atoms with van der Waals surface area (Å²) in [5.41, 5.74) is -0.0378. The number of halogens is 4. The summed E-state index contributed by atoms with van der Waals surface area (Å²) in [4.78, 5) is 57.7. The number of nitrogens with zero attached hydrogens (tertiary/aromatic N) is 4. The van der Waals surface area contributed by atoms with Crippen molar-refractivity contribution in [3.63, 3.8) is 0 Å². The third-order valence-corrected chi connectivity index (χ3v) is 10.6. The van der Waals surface area contributed by atoms with Crippen molar-refractivity contribution in [1.82, 2.24) is 30.0 Å². The van der Waals surface area contributed by atoms with Gasteiger partial charge in [0.05, 0.1) is 17.5 Å². The highest BCUT2D eigenvalue weighted by molar-refractivity contribution is 7.99. The molecule has 1 saturated heterocycles. The quantitative estimate of drug-likeness (QED) is 0.0949.